The van der Waals surface area contributed by atoms with Crippen LogP contribution >= 0.6 is 0 Å². The highest BCUT2D eigenvalue weighted by Crippen LogP contribution is 2.18. The van der Waals surface area contributed by atoms with Crippen LogP contribution in [0.15, 0.2) is 83.9 Å². The van der Waals surface area contributed by atoms with Gasteiger partial charge in [0.25, 0.3) is 5.91 Å². The number of nitrogens with one attached hydrogen (secondary N) is 1. The van der Waals surface area contributed by atoms with Crippen LogP contribution in [0.1, 0.15) is 15.9 Å². The predicted molar refractivity (Wildman–Crippen MR) is 106 cm³/mol. The average molecular weight is 355 g/mol. The topological polar surface area (TPSA) is 64.0 Å². The third kappa shape index (κ3) is 3.22. The molecule has 0 aliphatic rings. The summed E-state index contributed by atoms with van der Waals surface area (Å²) in [4.78, 5) is 29.9. The fourth-order valence-electron chi connectivity index (χ4n) is 3.03. The molecule has 5 nitrogen and oxygen atoms in total. The number of nitrogens with zero attached hydrogens (tertiary/aromatic N) is 2. The van der Waals surface area contributed by atoms with E-state index >= 15 is 0 Å². The normalized spacial score (nSPS) is 10.7. The average Bonchev–Trinajstić information content (AvgIpc) is 2.69. The highest BCUT2D eigenvalue weighted by molar-refractivity contribution is 6.05. The Morgan fingerprint density at radius 2 is 1.74 bits per heavy atom. The summed E-state index contributed by atoms with van der Waals surface area (Å²) in [5.41, 5.74) is 2.36. The van der Waals surface area contributed by atoms with Crippen molar-refractivity contribution < 1.29 is 4.79 Å². The van der Waals surface area contributed by atoms with Gasteiger partial charge in [-0.25, -0.2) is 4.98 Å². The molecule has 4 rings (SSSR count). The molecule has 0 spiro atoms. The zero-order valence-corrected chi connectivity index (χ0v) is 14.7. The molecule has 27 heavy (non-hydrogen) atoms. The molecule has 5 heteroatoms. The number of hydrogen-bond acceptors (Lipinski definition) is 3. The summed E-state index contributed by atoms with van der Waals surface area (Å²) in [6.45, 7) is 1.91. The third-order valence-corrected chi connectivity index (χ3v) is 4.35. The van der Waals surface area contributed by atoms with Crippen molar-refractivity contribution in [2.75, 3.05) is 5.32 Å². The first-order valence-corrected chi connectivity index (χ1v) is 8.57. The van der Waals surface area contributed by atoms with Gasteiger partial charge in [-0.2, -0.15) is 0 Å². The summed E-state index contributed by atoms with van der Waals surface area (Å²) < 4.78 is 1.86. The van der Waals surface area contributed by atoms with E-state index in [9.17, 15) is 9.59 Å². The van der Waals surface area contributed by atoms with Gasteiger partial charge >= 0.3 is 0 Å². The Morgan fingerprint density at radius 1 is 1.00 bits per heavy atom. The zero-order valence-electron chi connectivity index (χ0n) is 14.7. The van der Waals surface area contributed by atoms with E-state index in [4.69, 9.17) is 0 Å². The lowest BCUT2D eigenvalue weighted by Crippen LogP contribution is -2.24. The van der Waals surface area contributed by atoms with Gasteiger partial charge < -0.3 is 9.88 Å². The van der Waals surface area contributed by atoms with Crippen LogP contribution in [0.25, 0.3) is 16.6 Å². The lowest BCUT2D eigenvalue weighted by Gasteiger charge is -2.13. The van der Waals surface area contributed by atoms with Crippen molar-refractivity contribution in [2.45, 2.75) is 6.92 Å². The van der Waals surface area contributed by atoms with Gasteiger partial charge in [-0.05, 0) is 48.9 Å². The minimum Gasteiger partial charge on any atom is -0.315 e. The van der Waals surface area contributed by atoms with Crippen LogP contribution in [-0.2, 0) is 0 Å². The molecule has 0 aliphatic heterocycles. The van der Waals surface area contributed by atoms with Gasteiger partial charge in [0.1, 0.15) is 11.4 Å². The molecule has 2 aromatic heterocycles. The molecule has 1 amide bonds. The molecule has 0 bridgehead atoms. The number of pyridine rings is 2. The number of carbonyl (C=O) groups is 1. The van der Waals surface area contributed by atoms with E-state index in [0.29, 0.717) is 11.2 Å². The van der Waals surface area contributed by atoms with E-state index in [0.717, 1.165) is 16.8 Å². The summed E-state index contributed by atoms with van der Waals surface area (Å²) >= 11 is 0. The minimum absolute atomic E-state index is 0.0702. The van der Waals surface area contributed by atoms with Crippen molar-refractivity contribution in [3.05, 3.63) is 100 Å². The molecular formula is C22H17N3O2. The standard InChI is InChI=1S/C22H17N3O2/c1-15-11-12-23-20(13-15)24-22(27)18-14-25(16-7-3-2-4-8-16)19-10-6-5-9-17(19)21(18)26/h2-14H,1H3,(H,23,24,27). The Morgan fingerprint density at radius 3 is 2.52 bits per heavy atom. The van der Waals surface area contributed by atoms with Crippen molar-refractivity contribution in [3.8, 4) is 5.69 Å². The van der Waals surface area contributed by atoms with Gasteiger partial charge in [0.05, 0.1) is 5.52 Å². The number of benzene rings is 2. The maximum Gasteiger partial charge on any atom is 0.262 e. The fraction of sp³-hybridized carbons (Fsp3) is 0.0455. The van der Waals surface area contributed by atoms with E-state index in [1.54, 1.807) is 30.6 Å². The monoisotopic (exact) mass is 355 g/mol. The van der Waals surface area contributed by atoms with Gasteiger partial charge in [0.2, 0.25) is 5.43 Å². The van der Waals surface area contributed by atoms with E-state index in [2.05, 4.69) is 10.3 Å². The smallest absolute Gasteiger partial charge is 0.262 e. The summed E-state index contributed by atoms with van der Waals surface area (Å²) in [7, 11) is 0. The van der Waals surface area contributed by atoms with Crippen LogP contribution < -0.4 is 10.7 Å². The van der Waals surface area contributed by atoms with Gasteiger partial charge in [-0.1, -0.05) is 30.3 Å². The quantitative estimate of drug-likeness (QED) is 0.605. The molecule has 0 atom stereocenters. The van der Waals surface area contributed by atoms with E-state index < -0.39 is 5.91 Å². The second-order valence-electron chi connectivity index (χ2n) is 6.27. The number of aryl methyl sites for hydroxylation is 1. The number of hydrogen-bond donors (Lipinski definition) is 1. The van der Waals surface area contributed by atoms with Crippen LogP contribution in [-0.4, -0.2) is 15.5 Å². The summed E-state index contributed by atoms with van der Waals surface area (Å²) in [6, 6.07) is 20.5. The van der Waals surface area contributed by atoms with Crippen molar-refractivity contribution in [1.29, 1.82) is 0 Å². The van der Waals surface area contributed by atoms with Crippen LogP contribution in [0.2, 0.25) is 0 Å². The molecule has 0 saturated carbocycles. The highest BCUT2D eigenvalue weighted by atomic mass is 16.2. The first-order chi connectivity index (χ1) is 13.1. The second-order valence-corrected chi connectivity index (χ2v) is 6.27. The molecule has 132 valence electrons. The van der Waals surface area contributed by atoms with Crippen LogP contribution in [0, 0.1) is 6.92 Å². The maximum absolute atomic E-state index is 12.9. The van der Waals surface area contributed by atoms with Crippen molar-refractivity contribution in [2.24, 2.45) is 0 Å². The molecular weight excluding hydrogens is 338 g/mol. The number of amides is 1. The lowest BCUT2D eigenvalue weighted by molar-refractivity contribution is 0.102. The predicted octanol–water partition coefficient (Wildman–Crippen LogP) is 3.95. The van der Waals surface area contributed by atoms with Gasteiger partial charge in [-0.15, -0.1) is 0 Å². The Hall–Kier alpha value is -3.73. The molecule has 4 aromatic rings. The first kappa shape index (κ1) is 16.7. The molecule has 2 heterocycles. The first-order valence-electron chi connectivity index (χ1n) is 8.57. The van der Waals surface area contributed by atoms with Crippen molar-refractivity contribution >= 4 is 22.6 Å². The number of aromatic nitrogens is 2. The third-order valence-electron chi connectivity index (χ3n) is 4.35. The van der Waals surface area contributed by atoms with Crippen molar-refractivity contribution in [3.63, 3.8) is 0 Å². The Labute approximate surface area is 155 Å². The summed E-state index contributed by atoms with van der Waals surface area (Å²) in [6.07, 6.45) is 3.21. The largest absolute Gasteiger partial charge is 0.315 e. The number of carbonyl (C=O) groups excluding carboxylic acids is 1. The van der Waals surface area contributed by atoms with Crippen LogP contribution in [0.3, 0.4) is 0 Å². The molecule has 0 saturated heterocycles. The molecule has 0 unspecified atom stereocenters. The molecule has 2 aromatic carbocycles. The maximum atomic E-state index is 12.9. The van der Waals surface area contributed by atoms with E-state index in [1.807, 2.05) is 60.0 Å². The van der Waals surface area contributed by atoms with Crippen molar-refractivity contribution in [1.82, 2.24) is 9.55 Å². The number of anilines is 1. The SMILES string of the molecule is Cc1ccnc(NC(=O)c2cn(-c3ccccc3)c3ccccc3c2=O)c1. The van der Waals surface area contributed by atoms with Gasteiger partial charge in [-0.3, -0.25) is 9.59 Å². The van der Waals surface area contributed by atoms with E-state index in [-0.39, 0.29) is 11.0 Å². The Balaban J connectivity index is 1.87. The number of fused-ring (bicyclic) bond motifs is 1. The second kappa shape index (κ2) is 6.88. The molecule has 0 radical (unpaired) electrons. The lowest BCUT2D eigenvalue weighted by atomic mass is 10.1. The summed E-state index contributed by atoms with van der Waals surface area (Å²) in [5, 5.41) is 3.21. The number of para-hydroxylation sites is 2. The summed E-state index contributed by atoms with van der Waals surface area (Å²) in [5.74, 6) is -0.0626. The minimum atomic E-state index is -0.478. The molecule has 0 fully saturated rings. The number of rotatable bonds is 3. The molecule has 1 N–H and O–H groups in total. The van der Waals surface area contributed by atoms with Gasteiger partial charge in [0, 0.05) is 23.5 Å². The van der Waals surface area contributed by atoms with Crippen LogP contribution in [0.4, 0.5) is 5.82 Å². The van der Waals surface area contributed by atoms with Crippen LogP contribution in [0.5, 0.6) is 0 Å². The Kier molecular flexibility index (Phi) is 4.26. The Bertz CT molecular complexity index is 1200. The van der Waals surface area contributed by atoms with E-state index in [1.165, 1.54) is 0 Å². The fourth-order valence-corrected chi connectivity index (χ4v) is 3.03. The molecule has 0 aliphatic carbocycles. The zero-order chi connectivity index (χ0) is 18.8. The van der Waals surface area contributed by atoms with Gasteiger partial charge in [0.15, 0.2) is 0 Å². The highest BCUT2D eigenvalue weighted by Gasteiger charge is 2.16.